The zero-order chi connectivity index (χ0) is 10.7. The molecule has 2 rings (SSSR count). The van der Waals surface area contributed by atoms with Crippen molar-refractivity contribution >= 4 is 34.2 Å². The van der Waals surface area contributed by atoms with Crippen molar-refractivity contribution in [2.75, 3.05) is 5.32 Å². The molecule has 0 radical (unpaired) electrons. The molecule has 0 bridgehead atoms. The van der Waals surface area contributed by atoms with Crippen LogP contribution < -0.4 is 5.32 Å². The van der Waals surface area contributed by atoms with Gasteiger partial charge in [-0.05, 0) is 47.7 Å². The van der Waals surface area contributed by atoms with Gasteiger partial charge in [0.05, 0.1) is 0 Å². The van der Waals surface area contributed by atoms with E-state index >= 15 is 0 Å². The van der Waals surface area contributed by atoms with Crippen molar-refractivity contribution in [1.82, 2.24) is 9.97 Å². The number of hydrogen-bond donors (Lipinski definition) is 1. The lowest BCUT2D eigenvalue weighted by atomic mass is 10.3. The SMILES string of the molecule is Cc1cc(I)nc(Nc2ccccc2)n1. The summed E-state index contributed by atoms with van der Waals surface area (Å²) >= 11 is 2.18. The number of para-hydroxylation sites is 1. The molecular formula is C11H10IN3. The zero-order valence-electron chi connectivity index (χ0n) is 8.24. The van der Waals surface area contributed by atoms with Gasteiger partial charge in [-0.15, -0.1) is 0 Å². The summed E-state index contributed by atoms with van der Waals surface area (Å²) in [6.45, 7) is 1.96. The summed E-state index contributed by atoms with van der Waals surface area (Å²) in [4.78, 5) is 8.60. The fourth-order valence-corrected chi connectivity index (χ4v) is 1.92. The number of hydrogen-bond acceptors (Lipinski definition) is 3. The van der Waals surface area contributed by atoms with Crippen LogP contribution in [0.5, 0.6) is 0 Å². The van der Waals surface area contributed by atoms with Crippen molar-refractivity contribution in [3.8, 4) is 0 Å². The van der Waals surface area contributed by atoms with Gasteiger partial charge in [-0.1, -0.05) is 18.2 Å². The zero-order valence-corrected chi connectivity index (χ0v) is 10.4. The van der Waals surface area contributed by atoms with Crippen LogP contribution in [0.4, 0.5) is 11.6 Å². The molecule has 0 saturated heterocycles. The third-order valence-corrected chi connectivity index (χ3v) is 2.41. The van der Waals surface area contributed by atoms with Gasteiger partial charge in [0.25, 0.3) is 0 Å². The Kier molecular flexibility index (Phi) is 3.15. The van der Waals surface area contributed by atoms with Gasteiger partial charge >= 0.3 is 0 Å². The first-order chi connectivity index (χ1) is 7.24. The van der Waals surface area contributed by atoms with E-state index in [0.717, 1.165) is 15.1 Å². The first-order valence-corrected chi connectivity index (χ1v) is 5.65. The molecule has 0 aliphatic heterocycles. The molecule has 0 amide bonds. The molecule has 2 aromatic rings. The van der Waals surface area contributed by atoms with Gasteiger partial charge in [-0.25, -0.2) is 9.97 Å². The van der Waals surface area contributed by atoms with Gasteiger partial charge < -0.3 is 5.32 Å². The minimum absolute atomic E-state index is 0.644. The predicted octanol–water partition coefficient (Wildman–Crippen LogP) is 3.13. The molecule has 3 nitrogen and oxygen atoms in total. The molecule has 1 N–H and O–H groups in total. The molecule has 0 atom stereocenters. The van der Waals surface area contributed by atoms with Gasteiger partial charge in [-0.2, -0.15) is 0 Å². The highest BCUT2D eigenvalue weighted by Crippen LogP contribution is 2.13. The maximum atomic E-state index is 4.30. The van der Waals surface area contributed by atoms with Gasteiger partial charge in [0, 0.05) is 11.4 Å². The quantitative estimate of drug-likeness (QED) is 0.684. The van der Waals surface area contributed by atoms with E-state index in [1.54, 1.807) is 0 Å². The number of aryl methyl sites for hydroxylation is 1. The second kappa shape index (κ2) is 4.57. The lowest BCUT2D eigenvalue weighted by Gasteiger charge is -2.05. The summed E-state index contributed by atoms with van der Waals surface area (Å²) in [7, 11) is 0. The lowest BCUT2D eigenvalue weighted by molar-refractivity contribution is 1.08. The molecule has 0 spiro atoms. The summed E-state index contributed by atoms with van der Waals surface area (Å²) in [5.41, 5.74) is 1.96. The molecule has 0 saturated carbocycles. The van der Waals surface area contributed by atoms with Crippen LogP contribution >= 0.6 is 22.6 Å². The Morgan fingerprint density at radius 1 is 1.13 bits per heavy atom. The van der Waals surface area contributed by atoms with Crippen molar-refractivity contribution in [2.45, 2.75) is 6.92 Å². The number of rotatable bonds is 2. The number of benzene rings is 1. The Bertz CT molecular complexity index is 436. The number of nitrogens with one attached hydrogen (secondary N) is 1. The molecule has 76 valence electrons. The van der Waals surface area contributed by atoms with Gasteiger partial charge in [-0.3, -0.25) is 0 Å². The van der Waals surface area contributed by atoms with Crippen molar-refractivity contribution in [3.05, 3.63) is 45.8 Å². The largest absolute Gasteiger partial charge is 0.324 e. The summed E-state index contributed by atoms with van der Waals surface area (Å²) < 4.78 is 0.943. The Morgan fingerprint density at radius 3 is 2.53 bits per heavy atom. The standard InChI is InChI=1S/C11H10IN3/c1-8-7-10(12)15-11(13-8)14-9-5-3-2-4-6-9/h2-7H,1H3,(H,13,14,15). The maximum absolute atomic E-state index is 4.30. The summed E-state index contributed by atoms with van der Waals surface area (Å²) in [5, 5.41) is 3.16. The van der Waals surface area contributed by atoms with E-state index in [9.17, 15) is 0 Å². The molecule has 4 heteroatoms. The molecule has 0 unspecified atom stereocenters. The molecule has 0 aliphatic carbocycles. The normalized spacial score (nSPS) is 10.0. The fraction of sp³-hybridized carbons (Fsp3) is 0.0909. The fourth-order valence-electron chi connectivity index (χ4n) is 1.24. The van der Waals surface area contributed by atoms with Gasteiger partial charge in [0.1, 0.15) is 3.70 Å². The van der Waals surface area contributed by atoms with Crippen LogP contribution in [0.3, 0.4) is 0 Å². The number of aromatic nitrogens is 2. The van der Waals surface area contributed by atoms with E-state index in [1.807, 2.05) is 43.3 Å². The van der Waals surface area contributed by atoms with Gasteiger partial charge in [0.2, 0.25) is 5.95 Å². The average Bonchev–Trinajstić information content (AvgIpc) is 2.17. The minimum atomic E-state index is 0.644. The molecule has 1 heterocycles. The highest BCUT2D eigenvalue weighted by molar-refractivity contribution is 14.1. The predicted molar refractivity (Wildman–Crippen MR) is 69.2 cm³/mol. The van der Waals surface area contributed by atoms with E-state index in [2.05, 4.69) is 37.9 Å². The minimum Gasteiger partial charge on any atom is -0.324 e. The average molecular weight is 311 g/mol. The Morgan fingerprint density at radius 2 is 1.87 bits per heavy atom. The summed E-state index contributed by atoms with van der Waals surface area (Å²) in [5.74, 6) is 0.644. The molecule has 15 heavy (non-hydrogen) atoms. The van der Waals surface area contributed by atoms with E-state index in [4.69, 9.17) is 0 Å². The van der Waals surface area contributed by atoms with Crippen LogP contribution in [0.1, 0.15) is 5.69 Å². The van der Waals surface area contributed by atoms with Crippen LogP contribution in [0.25, 0.3) is 0 Å². The third-order valence-electron chi connectivity index (χ3n) is 1.85. The van der Waals surface area contributed by atoms with Crippen molar-refractivity contribution < 1.29 is 0 Å². The van der Waals surface area contributed by atoms with E-state index < -0.39 is 0 Å². The smallest absolute Gasteiger partial charge is 0.228 e. The van der Waals surface area contributed by atoms with Crippen LogP contribution in [0.15, 0.2) is 36.4 Å². The number of anilines is 2. The van der Waals surface area contributed by atoms with Crippen molar-refractivity contribution in [3.63, 3.8) is 0 Å². The lowest BCUT2D eigenvalue weighted by Crippen LogP contribution is -1.99. The van der Waals surface area contributed by atoms with Crippen LogP contribution in [-0.4, -0.2) is 9.97 Å². The monoisotopic (exact) mass is 311 g/mol. The number of halogens is 1. The van der Waals surface area contributed by atoms with Crippen molar-refractivity contribution in [2.24, 2.45) is 0 Å². The molecule has 1 aromatic carbocycles. The summed E-state index contributed by atoms with van der Waals surface area (Å²) in [6.07, 6.45) is 0. The third kappa shape index (κ3) is 2.89. The van der Waals surface area contributed by atoms with E-state index in [-0.39, 0.29) is 0 Å². The Labute approximate surface area is 102 Å². The second-order valence-electron chi connectivity index (χ2n) is 3.15. The first kappa shape index (κ1) is 10.4. The highest BCUT2D eigenvalue weighted by atomic mass is 127. The highest BCUT2D eigenvalue weighted by Gasteiger charge is 1.99. The summed E-state index contributed by atoms with van der Waals surface area (Å²) in [6, 6.07) is 11.8. The second-order valence-corrected chi connectivity index (χ2v) is 4.25. The van der Waals surface area contributed by atoms with E-state index in [1.165, 1.54) is 0 Å². The van der Waals surface area contributed by atoms with Crippen LogP contribution in [0, 0.1) is 10.6 Å². The van der Waals surface area contributed by atoms with Gasteiger partial charge in [0.15, 0.2) is 0 Å². The molecule has 0 fully saturated rings. The van der Waals surface area contributed by atoms with Crippen LogP contribution in [-0.2, 0) is 0 Å². The number of nitrogens with zero attached hydrogens (tertiary/aromatic N) is 2. The van der Waals surface area contributed by atoms with Crippen LogP contribution in [0.2, 0.25) is 0 Å². The maximum Gasteiger partial charge on any atom is 0.228 e. The molecule has 0 aliphatic rings. The molecular weight excluding hydrogens is 301 g/mol. The molecule has 1 aromatic heterocycles. The van der Waals surface area contributed by atoms with E-state index in [0.29, 0.717) is 5.95 Å². The Balaban J connectivity index is 2.25. The first-order valence-electron chi connectivity index (χ1n) is 4.57. The topological polar surface area (TPSA) is 37.8 Å². The Hall–Kier alpha value is -1.17. The van der Waals surface area contributed by atoms with Crippen molar-refractivity contribution in [1.29, 1.82) is 0 Å².